The first-order chi connectivity index (χ1) is 15.6. The van der Waals surface area contributed by atoms with Gasteiger partial charge in [0.25, 0.3) is 0 Å². The van der Waals surface area contributed by atoms with E-state index in [0.29, 0.717) is 32.5 Å². The second-order valence-electron chi connectivity index (χ2n) is 9.47. The van der Waals surface area contributed by atoms with E-state index in [1.807, 2.05) is 14.7 Å². The molecule has 0 aliphatic carbocycles. The van der Waals surface area contributed by atoms with Crippen LogP contribution < -0.4 is 10.2 Å². The predicted molar refractivity (Wildman–Crippen MR) is 118 cm³/mol. The lowest BCUT2D eigenvalue weighted by Gasteiger charge is -2.41. The molecule has 1 aromatic heterocycles. The third-order valence-corrected chi connectivity index (χ3v) is 7.39. The summed E-state index contributed by atoms with van der Waals surface area (Å²) in [6.45, 7) is 4.08. The molecule has 4 saturated heterocycles. The Morgan fingerprint density at radius 3 is 2.41 bits per heavy atom. The van der Waals surface area contributed by atoms with E-state index < -0.39 is 0 Å². The number of carbonyl (C=O) groups excluding carboxylic acids is 2. The molecule has 4 amide bonds. The summed E-state index contributed by atoms with van der Waals surface area (Å²) in [5.74, 6) is 0.847. The number of aromatic nitrogens is 2. The van der Waals surface area contributed by atoms with E-state index in [-0.39, 0.29) is 36.3 Å². The molecule has 2 N–H and O–H groups in total. The number of urea groups is 2. The van der Waals surface area contributed by atoms with E-state index in [1.165, 1.54) is 0 Å². The van der Waals surface area contributed by atoms with E-state index in [0.717, 1.165) is 51.1 Å². The number of carbonyl (C=O) groups is 2. The largest absolute Gasteiger partial charge is 0.393 e. The third-order valence-electron chi connectivity index (χ3n) is 7.39. The van der Waals surface area contributed by atoms with Gasteiger partial charge in [0, 0.05) is 69.8 Å². The Bertz CT molecular complexity index is 803. The fourth-order valence-corrected chi connectivity index (χ4v) is 5.78. The van der Waals surface area contributed by atoms with Crippen LogP contribution in [0.5, 0.6) is 0 Å². The van der Waals surface area contributed by atoms with Gasteiger partial charge in [0.2, 0.25) is 0 Å². The molecule has 0 saturated carbocycles. The summed E-state index contributed by atoms with van der Waals surface area (Å²) in [4.78, 5) is 42.5. The van der Waals surface area contributed by atoms with Crippen molar-refractivity contribution in [3.63, 3.8) is 0 Å². The lowest BCUT2D eigenvalue weighted by molar-refractivity contribution is 0.0522. The SMILES string of the molecule is O=C(N1CCN(c2cnccn2)CC1)N1CCC[C@H](NC(=O)N2[C@@H]3CC[C@H]2C[C@@H](O)C3)C1. The standard InChI is InChI=1S/C22H33N7O3/c30-19-12-17-3-4-18(13-19)29(17)21(31)25-16-2-1-7-28(15-16)22(32)27-10-8-26(9-11-27)20-14-23-5-6-24-20/h5-6,14,16-19,30H,1-4,7-13,15H2,(H,25,31)/t16-,17-,18+,19+/m0/s1. The molecule has 4 aliphatic rings. The van der Waals surface area contributed by atoms with Crippen molar-refractivity contribution in [2.75, 3.05) is 44.2 Å². The van der Waals surface area contributed by atoms with Crippen LogP contribution in [0, 0.1) is 0 Å². The fourth-order valence-electron chi connectivity index (χ4n) is 5.78. The van der Waals surface area contributed by atoms with Crippen LogP contribution in [0.25, 0.3) is 0 Å². The molecule has 32 heavy (non-hydrogen) atoms. The number of nitrogens with zero attached hydrogens (tertiary/aromatic N) is 6. The van der Waals surface area contributed by atoms with Crippen molar-refractivity contribution in [1.82, 2.24) is 30.0 Å². The molecule has 0 unspecified atom stereocenters. The van der Waals surface area contributed by atoms with Gasteiger partial charge in [0.1, 0.15) is 5.82 Å². The molecular formula is C22H33N7O3. The predicted octanol–water partition coefficient (Wildman–Crippen LogP) is 0.880. The number of rotatable bonds is 2. The molecule has 1 aromatic rings. The number of hydrogen-bond donors (Lipinski definition) is 2. The highest BCUT2D eigenvalue weighted by Crippen LogP contribution is 2.35. The molecule has 5 heterocycles. The van der Waals surface area contributed by atoms with Crippen LogP contribution in [0.3, 0.4) is 0 Å². The van der Waals surface area contributed by atoms with Crippen LogP contribution in [-0.4, -0.2) is 105 Å². The summed E-state index contributed by atoms with van der Waals surface area (Å²) in [6.07, 6.45) is 9.92. The Morgan fingerprint density at radius 2 is 1.72 bits per heavy atom. The number of amides is 4. The molecule has 5 rings (SSSR count). The molecule has 4 aliphatic heterocycles. The second-order valence-corrected chi connectivity index (χ2v) is 9.47. The zero-order valence-electron chi connectivity index (χ0n) is 18.5. The average Bonchev–Trinajstić information content (AvgIpc) is 3.10. The first-order valence-corrected chi connectivity index (χ1v) is 11.9. The summed E-state index contributed by atoms with van der Waals surface area (Å²) in [6, 6.07) is 0.309. The van der Waals surface area contributed by atoms with Crippen molar-refractivity contribution in [3.05, 3.63) is 18.6 Å². The molecular weight excluding hydrogens is 410 g/mol. The summed E-state index contributed by atoms with van der Waals surface area (Å²) < 4.78 is 0. The van der Waals surface area contributed by atoms with Crippen LogP contribution in [0.1, 0.15) is 38.5 Å². The maximum absolute atomic E-state index is 13.1. The average molecular weight is 444 g/mol. The first kappa shape index (κ1) is 21.2. The maximum Gasteiger partial charge on any atom is 0.320 e. The van der Waals surface area contributed by atoms with Crippen molar-refractivity contribution < 1.29 is 14.7 Å². The van der Waals surface area contributed by atoms with Crippen LogP contribution >= 0.6 is 0 Å². The molecule has 0 radical (unpaired) electrons. The number of aliphatic hydroxyl groups excluding tert-OH is 1. The van der Waals surface area contributed by atoms with Gasteiger partial charge in [-0.3, -0.25) is 4.98 Å². The summed E-state index contributed by atoms with van der Waals surface area (Å²) in [7, 11) is 0. The number of likely N-dealkylation sites (tertiary alicyclic amines) is 1. The highest BCUT2D eigenvalue weighted by atomic mass is 16.3. The minimum absolute atomic E-state index is 0.0210. The highest BCUT2D eigenvalue weighted by molar-refractivity contribution is 5.77. The highest BCUT2D eigenvalue weighted by Gasteiger charge is 2.43. The van der Waals surface area contributed by atoms with Gasteiger partial charge in [0.05, 0.1) is 12.3 Å². The molecule has 174 valence electrons. The molecule has 0 spiro atoms. The van der Waals surface area contributed by atoms with Gasteiger partial charge in [-0.25, -0.2) is 14.6 Å². The van der Waals surface area contributed by atoms with E-state index in [2.05, 4.69) is 20.2 Å². The second kappa shape index (κ2) is 9.09. The van der Waals surface area contributed by atoms with Gasteiger partial charge < -0.3 is 30.0 Å². The Balaban J connectivity index is 1.13. The number of piperazine rings is 1. The quantitative estimate of drug-likeness (QED) is 0.703. The molecule has 10 heteroatoms. The number of anilines is 1. The number of piperidine rings is 2. The third kappa shape index (κ3) is 4.32. The molecule has 4 fully saturated rings. The summed E-state index contributed by atoms with van der Waals surface area (Å²) in [5.41, 5.74) is 0. The minimum atomic E-state index is -0.284. The van der Waals surface area contributed by atoms with E-state index in [1.54, 1.807) is 18.6 Å². The Labute approximate surface area is 188 Å². The maximum atomic E-state index is 13.1. The lowest BCUT2D eigenvalue weighted by Crippen LogP contribution is -2.59. The Hall–Kier alpha value is -2.62. The van der Waals surface area contributed by atoms with E-state index in [9.17, 15) is 14.7 Å². The fraction of sp³-hybridized carbons (Fsp3) is 0.727. The van der Waals surface area contributed by atoms with Crippen molar-refractivity contribution in [2.45, 2.75) is 62.8 Å². The van der Waals surface area contributed by atoms with Crippen molar-refractivity contribution in [3.8, 4) is 0 Å². The van der Waals surface area contributed by atoms with Crippen molar-refractivity contribution in [2.24, 2.45) is 0 Å². The monoisotopic (exact) mass is 443 g/mol. The van der Waals surface area contributed by atoms with Crippen LogP contribution in [0.4, 0.5) is 15.4 Å². The van der Waals surface area contributed by atoms with Gasteiger partial charge in [-0.15, -0.1) is 0 Å². The Kier molecular flexibility index (Phi) is 6.03. The molecule has 2 bridgehead atoms. The number of fused-ring (bicyclic) bond motifs is 2. The number of aliphatic hydroxyl groups is 1. The zero-order chi connectivity index (χ0) is 22.1. The van der Waals surface area contributed by atoms with Gasteiger partial charge in [-0.05, 0) is 38.5 Å². The molecule has 4 atom stereocenters. The van der Waals surface area contributed by atoms with Crippen LogP contribution in [0.2, 0.25) is 0 Å². The summed E-state index contributed by atoms with van der Waals surface area (Å²) in [5, 5.41) is 13.2. The normalized spacial score (nSPS) is 30.4. The first-order valence-electron chi connectivity index (χ1n) is 11.9. The zero-order valence-corrected chi connectivity index (χ0v) is 18.5. The van der Waals surface area contributed by atoms with E-state index in [4.69, 9.17) is 0 Å². The lowest BCUT2D eigenvalue weighted by atomic mass is 10.0. The van der Waals surface area contributed by atoms with Crippen LogP contribution in [0.15, 0.2) is 18.6 Å². The van der Waals surface area contributed by atoms with Crippen molar-refractivity contribution in [1.29, 1.82) is 0 Å². The van der Waals surface area contributed by atoms with Gasteiger partial charge in [-0.2, -0.15) is 0 Å². The molecule has 0 aromatic carbocycles. The number of nitrogens with one attached hydrogen (secondary N) is 1. The van der Waals surface area contributed by atoms with Crippen molar-refractivity contribution >= 4 is 17.9 Å². The van der Waals surface area contributed by atoms with E-state index >= 15 is 0 Å². The Morgan fingerprint density at radius 1 is 0.969 bits per heavy atom. The van der Waals surface area contributed by atoms with Gasteiger partial charge in [-0.1, -0.05) is 0 Å². The van der Waals surface area contributed by atoms with Gasteiger partial charge >= 0.3 is 12.1 Å². The van der Waals surface area contributed by atoms with Gasteiger partial charge in [0.15, 0.2) is 0 Å². The smallest absolute Gasteiger partial charge is 0.320 e. The van der Waals surface area contributed by atoms with Crippen LogP contribution in [-0.2, 0) is 0 Å². The summed E-state index contributed by atoms with van der Waals surface area (Å²) >= 11 is 0. The number of hydrogen-bond acceptors (Lipinski definition) is 6. The molecule has 10 nitrogen and oxygen atoms in total. The minimum Gasteiger partial charge on any atom is -0.393 e. The topological polar surface area (TPSA) is 105 Å².